The fraction of sp³-hybridized carbons (Fsp3) is 0.625. The second kappa shape index (κ2) is 5.53. The van der Waals surface area contributed by atoms with E-state index in [1.165, 1.54) is 0 Å². The molecule has 0 saturated heterocycles. The van der Waals surface area contributed by atoms with Crippen LogP contribution < -0.4 is 4.72 Å². The smallest absolute Gasteiger partial charge is 0.249 e. The molecule has 1 rings (SSSR count). The molecular weight excluding hydrogens is 296 g/mol. The molecule has 0 aliphatic rings. The lowest BCUT2D eigenvalue weighted by molar-refractivity contribution is 0.605. The zero-order valence-corrected chi connectivity index (χ0v) is 11.5. The first-order chi connectivity index (χ1) is 7.52. The number of nitrogens with zero attached hydrogens (tertiary/aromatic N) is 3. The van der Waals surface area contributed by atoms with Gasteiger partial charge in [-0.25, -0.2) is 18.1 Å². The summed E-state index contributed by atoms with van der Waals surface area (Å²) in [5.41, 5.74) is 1.56. The average Bonchev–Trinajstić information content (AvgIpc) is 2.28. The van der Waals surface area contributed by atoms with E-state index in [-0.39, 0.29) is 10.6 Å². The molecule has 8 heteroatoms. The summed E-state index contributed by atoms with van der Waals surface area (Å²) in [4.78, 5) is 4.11. The minimum atomic E-state index is -3.42. The van der Waals surface area contributed by atoms with Crippen molar-refractivity contribution in [3.8, 4) is 0 Å². The van der Waals surface area contributed by atoms with Crippen LogP contribution >= 0.6 is 15.9 Å². The summed E-state index contributed by atoms with van der Waals surface area (Å²) >= 11 is 2.87. The van der Waals surface area contributed by atoms with Crippen molar-refractivity contribution in [2.45, 2.75) is 26.7 Å². The van der Waals surface area contributed by atoms with Gasteiger partial charge in [0.15, 0.2) is 0 Å². The summed E-state index contributed by atoms with van der Waals surface area (Å²) < 4.78 is 24.6. The van der Waals surface area contributed by atoms with E-state index in [2.05, 4.69) is 35.8 Å². The van der Waals surface area contributed by atoms with Crippen molar-refractivity contribution in [2.24, 2.45) is 0 Å². The van der Waals surface area contributed by atoms with Crippen molar-refractivity contribution >= 4 is 31.9 Å². The summed E-state index contributed by atoms with van der Waals surface area (Å²) in [5.74, 6) is 0.0218. The predicted octanol–water partition coefficient (Wildman–Crippen LogP) is 1.09. The maximum atomic E-state index is 11.3. The van der Waals surface area contributed by atoms with E-state index in [0.29, 0.717) is 6.42 Å². The van der Waals surface area contributed by atoms with E-state index >= 15 is 0 Å². The summed E-state index contributed by atoms with van der Waals surface area (Å²) in [5, 5.41) is 7.65. The van der Waals surface area contributed by atoms with E-state index < -0.39 is 10.0 Å². The summed E-state index contributed by atoms with van der Waals surface area (Å²) in [7, 11) is -3.42. The van der Waals surface area contributed by atoms with Gasteiger partial charge < -0.3 is 0 Å². The van der Waals surface area contributed by atoms with Gasteiger partial charge in [0, 0.05) is 0 Å². The van der Waals surface area contributed by atoms with Crippen LogP contribution in [0.1, 0.15) is 25.2 Å². The molecule has 1 N–H and O–H groups in total. The highest BCUT2D eigenvalue weighted by Crippen LogP contribution is 2.08. The summed E-state index contributed by atoms with van der Waals surface area (Å²) in [6.45, 7) is 3.89. The third-order valence-corrected chi connectivity index (χ3v) is 4.49. The van der Waals surface area contributed by atoms with Crippen LogP contribution in [0.15, 0.2) is 0 Å². The first-order valence-electron chi connectivity index (χ1n) is 4.81. The first kappa shape index (κ1) is 13.3. The highest BCUT2D eigenvalue weighted by molar-refractivity contribution is 9.10. The van der Waals surface area contributed by atoms with Gasteiger partial charge in [0.05, 0.1) is 11.4 Å². The monoisotopic (exact) mass is 308 g/mol. The number of alkyl halides is 1. The van der Waals surface area contributed by atoms with Crippen LogP contribution in [-0.4, -0.2) is 28.3 Å². The highest BCUT2D eigenvalue weighted by Gasteiger charge is 2.12. The van der Waals surface area contributed by atoms with E-state index in [9.17, 15) is 8.42 Å². The number of nitrogens with one attached hydrogen (secondary N) is 1. The molecule has 6 nitrogen and oxygen atoms in total. The Bertz CT molecular complexity index is 463. The Morgan fingerprint density at radius 1 is 1.19 bits per heavy atom. The van der Waals surface area contributed by atoms with Crippen LogP contribution in [0.3, 0.4) is 0 Å². The molecule has 0 aliphatic heterocycles. The SMILES string of the molecule is CCc1nnc(NS(=O)(=O)CBr)nc1CC. The number of aryl methyl sites for hydroxylation is 2. The minimum absolute atomic E-state index is 0.0218. The van der Waals surface area contributed by atoms with Gasteiger partial charge in [-0.05, 0) is 12.8 Å². The Kier molecular flexibility index (Phi) is 4.60. The zero-order chi connectivity index (χ0) is 12.2. The number of aromatic nitrogens is 3. The maximum Gasteiger partial charge on any atom is 0.256 e. The minimum Gasteiger partial charge on any atom is -0.249 e. The van der Waals surface area contributed by atoms with Gasteiger partial charge in [-0.1, -0.05) is 29.8 Å². The van der Waals surface area contributed by atoms with Crippen molar-refractivity contribution < 1.29 is 8.42 Å². The predicted molar refractivity (Wildman–Crippen MR) is 64.9 cm³/mol. The quantitative estimate of drug-likeness (QED) is 0.823. The van der Waals surface area contributed by atoms with E-state index in [4.69, 9.17) is 0 Å². The van der Waals surface area contributed by atoms with Crippen LogP contribution in [0.5, 0.6) is 0 Å². The molecule has 0 bridgehead atoms. The van der Waals surface area contributed by atoms with Crippen molar-refractivity contribution in [3.05, 3.63) is 11.4 Å². The van der Waals surface area contributed by atoms with E-state index in [0.717, 1.165) is 17.8 Å². The number of hydrogen-bond donors (Lipinski definition) is 1. The topological polar surface area (TPSA) is 84.8 Å². The second-order valence-electron chi connectivity index (χ2n) is 3.06. The third-order valence-electron chi connectivity index (χ3n) is 1.90. The molecule has 0 aromatic carbocycles. The molecule has 0 saturated carbocycles. The van der Waals surface area contributed by atoms with Crippen LogP contribution in [0.2, 0.25) is 0 Å². The van der Waals surface area contributed by atoms with Crippen molar-refractivity contribution in [2.75, 3.05) is 9.38 Å². The van der Waals surface area contributed by atoms with Gasteiger partial charge >= 0.3 is 0 Å². The standard InChI is InChI=1S/C8H13BrN4O2S/c1-3-6-7(4-2)11-12-8(10-6)13-16(14,15)5-9/h3-5H2,1-2H3,(H,10,12,13). The van der Waals surface area contributed by atoms with Crippen molar-refractivity contribution in [3.63, 3.8) is 0 Å². The number of sulfonamides is 1. The van der Waals surface area contributed by atoms with Gasteiger partial charge in [-0.2, -0.15) is 0 Å². The molecule has 1 aromatic heterocycles. The molecular formula is C8H13BrN4O2S. The van der Waals surface area contributed by atoms with E-state index in [1.54, 1.807) is 0 Å². The molecule has 90 valence electrons. The van der Waals surface area contributed by atoms with Gasteiger partial charge in [0.1, 0.15) is 4.66 Å². The second-order valence-corrected chi connectivity index (χ2v) is 6.09. The fourth-order valence-electron chi connectivity index (χ4n) is 1.15. The lowest BCUT2D eigenvalue weighted by atomic mass is 10.2. The fourth-order valence-corrected chi connectivity index (χ4v) is 1.91. The number of anilines is 1. The Hall–Kier alpha value is -0.760. The zero-order valence-electron chi connectivity index (χ0n) is 9.07. The van der Waals surface area contributed by atoms with Gasteiger partial charge in [0.2, 0.25) is 10.0 Å². The lowest BCUT2D eigenvalue weighted by Gasteiger charge is -2.06. The summed E-state index contributed by atoms with van der Waals surface area (Å²) in [6, 6.07) is 0. The molecule has 1 aromatic rings. The van der Waals surface area contributed by atoms with Crippen LogP contribution in [0.25, 0.3) is 0 Å². The van der Waals surface area contributed by atoms with Gasteiger partial charge in [-0.3, -0.25) is 0 Å². The molecule has 0 amide bonds. The molecule has 0 atom stereocenters. The van der Waals surface area contributed by atoms with Crippen LogP contribution in [0, 0.1) is 0 Å². The average molecular weight is 309 g/mol. The van der Waals surface area contributed by atoms with Crippen molar-refractivity contribution in [1.29, 1.82) is 0 Å². The normalized spacial score (nSPS) is 11.4. The lowest BCUT2D eigenvalue weighted by Crippen LogP contribution is -2.17. The van der Waals surface area contributed by atoms with Crippen LogP contribution in [0.4, 0.5) is 5.95 Å². The Morgan fingerprint density at radius 2 is 1.81 bits per heavy atom. The largest absolute Gasteiger partial charge is 0.256 e. The highest BCUT2D eigenvalue weighted by atomic mass is 79.9. The molecule has 1 heterocycles. The number of halogens is 1. The Labute approximate surface area is 103 Å². The Morgan fingerprint density at radius 3 is 2.31 bits per heavy atom. The molecule has 0 unspecified atom stereocenters. The number of rotatable bonds is 5. The van der Waals surface area contributed by atoms with E-state index in [1.807, 2.05) is 13.8 Å². The number of hydrogen-bond acceptors (Lipinski definition) is 5. The first-order valence-corrected chi connectivity index (χ1v) is 7.58. The van der Waals surface area contributed by atoms with Crippen molar-refractivity contribution in [1.82, 2.24) is 15.2 Å². The van der Waals surface area contributed by atoms with Gasteiger partial charge in [0.25, 0.3) is 5.95 Å². The molecule has 0 radical (unpaired) electrons. The molecule has 0 aliphatic carbocycles. The van der Waals surface area contributed by atoms with Gasteiger partial charge in [-0.15, -0.1) is 10.2 Å². The summed E-state index contributed by atoms with van der Waals surface area (Å²) in [6.07, 6.45) is 1.43. The maximum absolute atomic E-state index is 11.3. The molecule has 0 spiro atoms. The third kappa shape index (κ3) is 3.38. The Balaban J connectivity index is 3.00. The molecule has 0 fully saturated rings. The molecule has 16 heavy (non-hydrogen) atoms. The van der Waals surface area contributed by atoms with Crippen LogP contribution in [-0.2, 0) is 22.9 Å².